The van der Waals surface area contributed by atoms with Gasteiger partial charge in [0.05, 0.1) is 77.6 Å². The molecule has 0 aliphatic rings. The van der Waals surface area contributed by atoms with E-state index in [1.54, 1.807) is 0 Å². The van der Waals surface area contributed by atoms with Gasteiger partial charge in [-0.15, -0.1) is 11.3 Å². The third-order valence-electron chi connectivity index (χ3n) is 27.2. The third kappa shape index (κ3) is 12.2. The summed E-state index contributed by atoms with van der Waals surface area (Å²) < 4.78 is 23.1. The number of benzene rings is 19. The molecule has 10 heteroatoms. The van der Waals surface area contributed by atoms with E-state index in [1.165, 1.54) is 174 Å². The van der Waals surface area contributed by atoms with Crippen molar-refractivity contribution in [2.75, 3.05) is 0 Å². The summed E-state index contributed by atoms with van der Waals surface area (Å²) in [5, 5.41) is 19.8. The molecule has 10 heterocycles. The van der Waals surface area contributed by atoms with E-state index in [-0.39, 0.29) is 0 Å². The van der Waals surface area contributed by atoms with Gasteiger partial charge >= 0.3 is 0 Å². The first-order valence-corrected chi connectivity index (χ1v) is 46.4. The fourth-order valence-electron chi connectivity index (χ4n) is 21.3. The Morgan fingerprint density at radius 1 is 0.187 bits per heavy atom. The Hall–Kier alpha value is -17.7. The van der Waals surface area contributed by atoms with E-state index in [9.17, 15) is 0 Å². The number of thiophene rings is 1. The van der Waals surface area contributed by atoms with Gasteiger partial charge in [0.25, 0.3) is 0 Å². The van der Waals surface area contributed by atoms with Gasteiger partial charge in [-0.25, -0.2) is 9.97 Å². The highest BCUT2D eigenvalue weighted by molar-refractivity contribution is 7.26. The maximum absolute atomic E-state index is 6.39. The molecule has 0 N–H and O–H groups in total. The van der Waals surface area contributed by atoms with Gasteiger partial charge in [0, 0.05) is 129 Å². The molecule has 626 valence electrons. The zero-order chi connectivity index (χ0) is 88.0. The van der Waals surface area contributed by atoms with Crippen molar-refractivity contribution < 1.29 is 4.42 Å². The predicted molar refractivity (Wildman–Crippen MR) is 563 cm³/mol. The van der Waals surface area contributed by atoms with Crippen molar-refractivity contribution in [1.29, 1.82) is 0 Å². The van der Waals surface area contributed by atoms with Gasteiger partial charge in [-0.1, -0.05) is 285 Å². The molecule has 0 saturated carbocycles. The number of fused-ring (bicyclic) bond motifs is 25. The molecular formula is C124H78N8OS. The summed E-state index contributed by atoms with van der Waals surface area (Å²) in [5.74, 6) is 1.79. The number of nitrogens with zero attached hydrogens (tertiary/aromatic N) is 8. The first kappa shape index (κ1) is 76.4. The molecule has 0 radical (unpaired) electrons. The minimum absolute atomic E-state index is 0.860. The average molecular weight is 1730 g/mol. The fourth-order valence-corrected chi connectivity index (χ4v) is 22.6. The maximum atomic E-state index is 6.39. The molecular weight excluding hydrogens is 1650 g/mol. The Morgan fingerprint density at radius 2 is 0.478 bits per heavy atom. The summed E-state index contributed by atoms with van der Waals surface area (Å²) in [6.45, 7) is 0. The van der Waals surface area contributed by atoms with Crippen molar-refractivity contribution in [2.24, 2.45) is 0 Å². The van der Waals surface area contributed by atoms with E-state index in [0.29, 0.717) is 0 Å². The Bertz CT molecular complexity index is 9230. The molecule has 0 saturated heterocycles. The van der Waals surface area contributed by atoms with Gasteiger partial charge in [-0.3, -0.25) is 9.13 Å². The summed E-state index contributed by atoms with van der Waals surface area (Å²) in [7, 11) is 0. The van der Waals surface area contributed by atoms with E-state index in [2.05, 4.69) is 488 Å². The van der Waals surface area contributed by atoms with Crippen LogP contribution in [-0.4, -0.2) is 37.4 Å². The van der Waals surface area contributed by atoms with E-state index in [1.807, 2.05) is 23.5 Å². The topological polar surface area (TPSA) is 68.5 Å². The lowest BCUT2D eigenvalue weighted by atomic mass is 10.0. The van der Waals surface area contributed by atoms with Crippen LogP contribution in [-0.2, 0) is 0 Å². The molecule has 0 aliphatic carbocycles. The maximum Gasteiger partial charge on any atom is 0.144 e. The number of hydrogen-bond acceptors (Lipinski definition) is 4. The minimum Gasteiger partial charge on any atom is -0.455 e. The monoisotopic (exact) mass is 1730 g/mol. The Kier molecular flexibility index (Phi) is 17.7. The second-order valence-electron chi connectivity index (χ2n) is 34.6. The molecule has 0 amide bonds. The molecule has 0 spiro atoms. The first-order chi connectivity index (χ1) is 66.5. The highest BCUT2D eigenvalue weighted by Gasteiger charge is 2.25. The first-order valence-electron chi connectivity index (χ1n) is 45.6. The van der Waals surface area contributed by atoms with Gasteiger partial charge in [0.2, 0.25) is 0 Å². The Balaban J connectivity index is 0.000000105. The molecule has 0 atom stereocenters. The standard InChI is InChI=1S/C47H29N3O.C47H29N3S.C30H20N2/c2*1-2-12-32(13-3-1)49-41-20-7-4-14-33(41)38-28-30(24-26-43(38)49)31-25-27-44-39(29-31)34-15-5-8-21-42(34)50(44)46-23-11-19-40(48-46)37-18-10-17-36-35-16-6-9-22-45(35)51-47(36)37;1-3-11-21(12-4-1)31-25-17-9-7-15-23(25)29-27(31)19-20-28-30(29)24-16-8-10-18-26(24)32(28)22-13-5-2-6-14-22/h2*1-29H;1-20H. The van der Waals surface area contributed by atoms with Crippen LogP contribution in [0, 0.1) is 0 Å². The second-order valence-corrected chi connectivity index (χ2v) is 35.6. The smallest absolute Gasteiger partial charge is 0.144 e. The lowest BCUT2D eigenvalue weighted by Gasteiger charge is -2.10. The fraction of sp³-hybridized carbons (Fsp3) is 0. The number of pyridine rings is 2. The zero-order valence-corrected chi connectivity index (χ0v) is 73.2. The number of aromatic nitrogens is 8. The van der Waals surface area contributed by atoms with Crippen LogP contribution < -0.4 is 0 Å². The molecule has 0 bridgehead atoms. The van der Waals surface area contributed by atoms with E-state index in [0.717, 1.165) is 78.3 Å². The molecule has 10 aromatic heterocycles. The van der Waals surface area contributed by atoms with Crippen LogP contribution in [0.4, 0.5) is 0 Å². The highest BCUT2D eigenvalue weighted by atomic mass is 32.1. The molecule has 0 fully saturated rings. The highest BCUT2D eigenvalue weighted by Crippen LogP contribution is 2.47. The lowest BCUT2D eigenvalue weighted by molar-refractivity contribution is 0.670. The van der Waals surface area contributed by atoms with Crippen LogP contribution in [0.3, 0.4) is 0 Å². The van der Waals surface area contributed by atoms with Crippen molar-refractivity contribution >= 4 is 184 Å². The van der Waals surface area contributed by atoms with Crippen LogP contribution in [0.15, 0.2) is 478 Å². The van der Waals surface area contributed by atoms with Crippen LogP contribution >= 0.6 is 11.3 Å². The van der Waals surface area contributed by atoms with Crippen molar-refractivity contribution in [3.05, 3.63) is 473 Å². The number of para-hydroxylation sites is 12. The van der Waals surface area contributed by atoms with Crippen molar-refractivity contribution in [3.63, 3.8) is 0 Å². The average Bonchev–Trinajstić information content (AvgIpc) is 1.52. The van der Waals surface area contributed by atoms with Crippen LogP contribution in [0.2, 0.25) is 0 Å². The van der Waals surface area contributed by atoms with Crippen molar-refractivity contribution in [3.8, 4) is 79.2 Å². The van der Waals surface area contributed by atoms with Crippen LogP contribution in [0.25, 0.3) is 252 Å². The molecule has 134 heavy (non-hydrogen) atoms. The van der Waals surface area contributed by atoms with Crippen molar-refractivity contribution in [1.82, 2.24) is 37.4 Å². The summed E-state index contributed by atoms with van der Waals surface area (Å²) in [6.07, 6.45) is 0. The molecule has 9 nitrogen and oxygen atoms in total. The zero-order valence-electron chi connectivity index (χ0n) is 72.4. The number of furan rings is 1. The predicted octanol–water partition coefficient (Wildman–Crippen LogP) is 33.4. The third-order valence-corrected chi connectivity index (χ3v) is 28.4. The second kappa shape index (κ2) is 31.0. The minimum atomic E-state index is 0.860. The van der Waals surface area contributed by atoms with Gasteiger partial charge in [0.1, 0.15) is 22.8 Å². The SMILES string of the molecule is c1ccc(-n2c3ccccc3c3c4c5ccccc5n(-c5ccccc5)c4ccc32)cc1.c1ccc(-n2c3ccccc3c3cc(-c4ccc5c(c4)c4ccccc4n5-c4cccc(-c5cccc6c5oc5ccccc56)n4)ccc32)cc1.c1ccc(-n2c3ccccc3c3cc(-c4ccc5c(c4)c4ccccc4n5-c4cccc(-c5cccc6c5sc5ccccc56)n4)ccc32)cc1. The van der Waals surface area contributed by atoms with Gasteiger partial charge in [-0.05, 0) is 210 Å². The molecule has 0 aliphatic heterocycles. The summed E-state index contributed by atoms with van der Waals surface area (Å²) in [4.78, 5) is 10.6. The number of hydrogen-bond donors (Lipinski definition) is 0. The van der Waals surface area contributed by atoms with Gasteiger partial charge in [0.15, 0.2) is 0 Å². The Labute approximate surface area is 772 Å². The van der Waals surface area contributed by atoms with Gasteiger partial charge < -0.3 is 22.7 Å². The normalized spacial score (nSPS) is 11.9. The quantitative estimate of drug-likeness (QED) is 0.137. The van der Waals surface area contributed by atoms with Crippen LogP contribution in [0.1, 0.15) is 0 Å². The molecule has 29 aromatic rings. The van der Waals surface area contributed by atoms with Crippen LogP contribution in [0.5, 0.6) is 0 Å². The molecule has 0 unspecified atom stereocenters. The number of rotatable bonds is 10. The molecule has 29 rings (SSSR count). The lowest BCUT2D eigenvalue weighted by Crippen LogP contribution is -1.98. The van der Waals surface area contributed by atoms with Gasteiger partial charge in [-0.2, -0.15) is 0 Å². The van der Waals surface area contributed by atoms with E-state index < -0.39 is 0 Å². The summed E-state index contributed by atoms with van der Waals surface area (Å²) >= 11 is 1.84. The van der Waals surface area contributed by atoms with E-state index >= 15 is 0 Å². The Morgan fingerprint density at radius 3 is 0.903 bits per heavy atom. The summed E-state index contributed by atoms with van der Waals surface area (Å²) in [5.41, 5.74) is 29.5. The van der Waals surface area contributed by atoms with Crippen molar-refractivity contribution in [2.45, 2.75) is 0 Å². The summed E-state index contributed by atoms with van der Waals surface area (Å²) in [6, 6.07) is 169. The molecule has 19 aromatic carbocycles. The van der Waals surface area contributed by atoms with E-state index in [4.69, 9.17) is 14.4 Å². The largest absolute Gasteiger partial charge is 0.455 e.